The average molecular weight is 429 g/mol. The van der Waals surface area contributed by atoms with E-state index >= 15 is 0 Å². The van der Waals surface area contributed by atoms with Gasteiger partial charge in [-0.3, -0.25) is 9.69 Å². The van der Waals surface area contributed by atoms with E-state index in [9.17, 15) is 4.79 Å². The lowest BCUT2D eigenvalue weighted by Crippen LogP contribution is -2.43. The van der Waals surface area contributed by atoms with Crippen LogP contribution in [-0.2, 0) is 4.74 Å². The van der Waals surface area contributed by atoms with Gasteiger partial charge in [0, 0.05) is 25.2 Å². The Labute approximate surface area is 184 Å². The molecule has 7 heteroatoms. The van der Waals surface area contributed by atoms with Gasteiger partial charge in [0.15, 0.2) is 11.5 Å². The van der Waals surface area contributed by atoms with Crippen molar-refractivity contribution in [2.24, 2.45) is 0 Å². The molecule has 0 spiro atoms. The minimum absolute atomic E-state index is 0.00947. The quantitative estimate of drug-likeness (QED) is 0.662. The summed E-state index contributed by atoms with van der Waals surface area (Å²) in [5.74, 6) is 1.97. The summed E-state index contributed by atoms with van der Waals surface area (Å²) in [7, 11) is 3.25. The van der Waals surface area contributed by atoms with Crippen LogP contribution in [0.4, 0.5) is 0 Å². The van der Waals surface area contributed by atoms with Crippen molar-refractivity contribution < 1.29 is 23.7 Å². The maximum absolute atomic E-state index is 12.9. The minimum atomic E-state index is -0.130. The maximum atomic E-state index is 12.9. The molecular weight excluding hydrogens is 396 g/mol. The number of hydrogen-bond donors (Lipinski definition) is 1. The zero-order chi connectivity index (χ0) is 22.2. The number of ether oxygens (including phenoxy) is 4. The Bertz CT molecular complexity index is 880. The number of carbonyl (C=O) groups is 1. The standard InChI is InChI=1S/C24H32N2O5/c1-5-31-21-9-8-18(14-23(21)29-4)20(26-10-12-30-13-11-26)16-25-24(27)19-7-6-17(2)22(15-19)28-3/h6-9,14-15,20H,5,10-13,16H2,1-4H3,(H,25,27)/t20-/m0/s1. The van der Waals surface area contributed by atoms with E-state index in [4.69, 9.17) is 18.9 Å². The Morgan fingerprint density at radius 3 is 2.48 bits per heavy atom. The first-order chi connectivity index (χ1) is 15.1. The second-order valence-corrected chi connectivity index (χ2v) is 7.40. The number of nitrogens with zero attached hydrogens (tertiary/aromatic N) is 1. The molecule has 1 aliphatic rings. The number of benzene rings is 2. The highest BCUT2D eigenvalue weighted by Gasteiger charge is 2.24. The number of hydrogen-bond acceptors (Lipinski definition) is 6. The topological polar surface area (TPSA) is 69.3 Å². The summed E-state index contributed by atoms with van der Waals surface area (Å²) in [6.45, 7) is 7.88. The molecule has 0 aromatic heterocycles. The number of carbonyl (C=O) groups excluding carboxylic acids is 1. The number of morpholine rings is 1. The normalized spacial score (nSPS) is 15.2. The van der Waals surface area contributed by atoms with Crippen LogP contribution in [-0.4, -0.2) is 64.5 Å². The van der Waals surface area contributed by atoms with Crippen LogP contribution in [0.2, 0.25) is 0 Å². The van der Waals surface area contributed by atoms with E-state index in [2.05, 4.69) is 10.2 Å². The Hall–Kier alpha value is -2.77. The zero-order valence-electron chi connectivity index (χ0n) is 18.8. The van der Waals surface area contributed by atoms with Gasteiger partial charge >= 0.3 is 0 Å². The zero-order valence-corrected chi connectivity index (χ0v) is 18.8. The molecule has 0 saturated carbocycles. The molecular formula is C24H32N2O5. The summed E-state index contributed by atoms with van der Waals surface area (Å²) in [4.78, 5) is 15.2. The molecule has 7 nitrogen and oxygen atoms in total. The fraction of sp³-hybridized carbons (Fsp3) is 0.458. The predicted octanol–water partition coefficient (Wildman–Crippen LogP) is 3.21. The highest BCUT2D eigenvalue weighted by atomic mass is 16.5. The van der Waals surface area contributed by atoms with Crippen molar-refractivity contribution in [3.05, 3.63) is 53.1 Å². The Kier molecular flexibility index (Phi) is 8.14. The van der Waals surface area contributed by atoms with Crippen molar-refractivity contribution in [1.29, 1.82) is 0 Å². The molecule has 168 valence electrons. The Morgan fingerprint density at radius 1 is 1.06 bits per heavy atom. The van der Waals surface area contributed by atoms with Crippen molar-refractivity contribution in [1.82, 2.24) is 10.2 Å². The second-order valence-electron chi connectivity index (χ2n) is 7.40. The molecule has 0 unspecified atom stereocenters. The van der Waals surface area contributed by atoms with Gasteiger partial charge in [-0.2, -0.15) is 0 Å². The summed E-state index contributed by atoms with van der Waals surface area (Å²) in [5, 5.41) is 3.09. The summed E-state index contributed by atoms with van der Waals surface area (Å²) in [6, 6.07) is 11.4. The second kappa shape index (κ2) is 11.0. The van der Waals surface area contributed by atoms with Crippen LogP contribution in [0.15, 0.2) is 36.4 Å². The third-order valence-corrected chi connectivity index (χ3v) is 5.48. The smallest absolute Gasteiger partial charge is 0.251 e. The predicted molar refractivity (Wildman–Crippen MR) is 119 cm³/mol. The van der Waals surface area contributed by atoms with Gasteiger partial charge in [0.2, 0.25) is 0 Å². The van der Waals surface area contributed by atoms with Crippen LogP contribution in [0.5, 0.6) is 17.2 Å². The van der Waals surface area contributed by atoms with Crippen molar-refractivity contribution >= 4 is 5.91 Å². The fourth-order valence-corrected chi connectivity index (χ4v) is 3.77. The SMILES string of the molecule is CCOc1ccc([C@H](CNC(=O)c2ccc(C)c(OC)c2)N2CCOCC2)cc1OC. The first kappa shape index (κ1) is 22.9. The largest absolute Gasteiger partial charge is 0.496 e. The highest BCUT2D eigenvalue weighted by molar-refractivity contribution is 5.94. The van der Waals surface area contributed by atoms with Crippen LogP contribution in [0.25, 0.3) is 0 Å². The van der Waals surface area contributed by atoms with Crippen LogP contribution < -0.4 is 19.5 Å². The lowest BCUT2D eigenvalue weighted by Gasteiger charge is -2.35. The van der Waals surface area contributed by atoms with Gasteiger partial charge in [0.1, 0.15) is 5.75 Å². The van der Waals surface area contributed by atoms with Crippen LogP contribution in [0.3, 0.4) is 0 Å². The summed E-state index contributed by atoms with van der Waals surface area (Å²) in [5.41, 5.74) is 2.63. The van der Waals surface area contributed by atoms with E-state index in [1.807, 2.05) is 44.2 Å². The number of amides is 1. The van der Waals surface area contributed by atoms with Gasteiger partial charge in [-0.1, -0.05) is 12.1 Å². The molecule has 1 N–H and O–H groups in total. The molecule has 0 aliphatic carbocycles. The number of methoxy groups -OCH3 is 2. The molecule has 2 aromatic carbocycles. The summed E-state index contributed by atoms with van der Waals surface area (Å²) in [6.07, 6.45) is 0. The third-order valence-electron chi connectivity index (χ3n) is 5.48. The van der Waals surface area contributed by atoms with Crippen molar-refractivity contribution in [3.63, 3.8) is 0 Å². The fourth-order valence-electron chi connectivity index (χ4n) is 3.77. The molecule has 1 aliphatic heterocycles. The van der Waals surface area contributed by atoms with Gasteiger partial charge < -0.3 is 24.3 Å². The average Bonchev–Trinajstić information content (AvgIpc) is 2.81. The van der Waals surface area contributed by atoms with Crippen molar-refractivity contribution in [2.45, 2.75) is 19.9 Å². The van der Waals surface area contributed by atoms with Crippen molar-refractivity contribution in [2.75, 3.05) is 53.7 Å². The van der Waals surface area contributed by atoms with E-state index in [-0.39, 0.29) is 11.9 Å². The molecule has 0 bridgehead atoms. The molecule has 0 radical (unpaired) electrons. The van der Waals surface area contributed by atoms with E-state index < -0.39 is 0 Å². The van der Waals surface area contributed by atoms with Gasteiger partial charge in [-0.05, 0) is 49.2 Å². The molecule has 1 amide bonds. The third kappa shape index (κ3) is 5.68. The van der Waals surface area contributed by atoms with Crippen LogP contribution in [0, 0.1) is 6.92 Å². The number of nitrogens with one attached hydrogen (secondary N) is 1. The van der Waals surface area contributed by atoms with E-state index in [0.717, 1.165) is 24.2 Å². The monoisotopic (exact) mass is 428 g/mol. The molecule has 1 saturated heterocycles. The molecule has 3 rings (SSSR count). The van der Waals surface area contributed by atoms with Crippen LogP contribution in [0.1, 0.15) is 34.5 Å². The molecule has 31 heavy (non-hydrogen) atoms. The Morgan fingerprint density at radius 2 is 1.81 bits per heavy atom. The van der Waals surface area contributed by atoms with Gasteiger partial charge in [-0.15, -0.1) is 0 Å². The molecule has 1 heterocycles. The van der Waals surface area contributed by atoms with E-state index in [1.54, 1.807) is 20.3 Å². The summed E-state index contributed by atoms with van der Waals surface area (Å²) >= 11 is 0. The van der Waals surface area contributed by atoms with Crippen molar-refractivity contribution in [3.8, 4) is 17.2 Å². The first-order valence-corrected chi connectivity index (χ1v) is 10.6. The lowest BCUT2D eigenvalue weighted by atomic mass is 10.0. The first-order valence-electron chi connectivity index (χ1n) is 10.6. The van der Waals surface area contributed by atoms with Gasteiger partial charge in [-0.25, -0.2) is 0 Å². The summed E-state index contributed by atoms with van der Waals surface area (Å²) < 4.78 is 22.1. The lowest BCUT2D eigenvalue weighted by molar-refractivity contribution is 0.0162. The maximum Gasteiger partial charge on any atom is 0.251 e. The van der Waals surface area contributed by atoms with Crippen LogP contribution >= 0.6 is 0 Å². The molecule has 1 atom stereocenters. The number of aryl methyl sites for hydroxylation is 1. The molecule has 1 fully saturated rings. The van der Waals surface area contributed by atoms with Gasteiger partial charge in [0.05, 0.1) is 40.1 Å². The highest BCUT2D eigenvalue weighted by Crippen LogP contribution is 2.32. The Balaban J connectivity index is 1.80. The number of rotatable bonds is 9. The van der Waals surface area contributed by atoms with E-state index in [1.165, 1.54) is 0 Å². The minimum Gasteiger partial charge on any atom is -0.496 e. The van der Waals surface area contributed by atoms with E-state index in [0.29, 0.717) is 49.2 Å². The van der Waals surface area contributed by atoms with Gasteiger partial charge in [0.25, 0.3) is 5.91 Å². The molecule has 2 aromatic rings.